The second-order valence-corrected chi connectivity index (χ2v) is 6.03. The van der Waals surface area contributed by atoms with E-state index in [2.05, 4.69) is 10.3 Å². The van der Waals surface area contributed by atoms with Gasteiger partial charge in [0.15, 0.2) is 11.4 Å². The molecule has 2 aromatic carbocycles. The Morgan fingerprint density at radius 1 is 1.17 bits per heavy atom. The predicted molar refractivity (Wildman–Crippen MR) is 99.9 cm³/mol. The van der Waals surface area contributed by atoms with E-state index in [9.17, 15) is 27.9 Å². The number of nitrogens with zero attached hydrogens (tertiary/aromatic N) is 1. The normalized spacial score (nSPS) is 11.2. The van der Waals surface area contributed by atoms with Gasteiger partial charge in [-0.25, -0.2) is 4.98 Å². The number of ether oxygens (including phenoxy) is 2. The van der Waals surface area contributed by atoms with Crippen molar-refractivity contribution in [1.29, 1.82) is 0 Å². The number of nitrogens with one attached hydrogen (secondary N) is 1. The van der Waals surface area contributed by atoms with Crippen molar-refractivity contribution in [3.05, 3.63) is 53.7 Å². The summed E-state index contributed by atoms with van der Waals surface area (Å²) >= 11 is 0. The number of carbonyl (C=O) groups is 2. The number of halogens is 3. The molecule has 0 saturated carbocycles. The van der Waals surface area contributed by atoms with E-state index in [4.69, 9.17) is 9.47 Å². The summed E-state index contributed by atoms with van der Waals surface area (Å²) < 4.78 is 49.3. The van der Waals surface area contributed by atoms with Crippen molar-refractivity contribution in [3.63, 3.8) is 0 Å². The number of pyridine rings is 1. The number of methoxy groups -OCH3 is 1. The quantitative estimate of drug-likeness (QED) is 0.591. The summed E-state index contributed by atoms with van der Waals surface area (Å²) in [5, 5.41) is 13.2. The number of hydrogen-bond donors (Lipinski definition) is 2. The summed E-state index contributed by atoms with van der Waals surface area (Å²) in [6.45, 7) is -0.260. The molecule has 0 unspecified atom stereocenters. The number of benzene rings is 2. The molecule has 156 valence electrons. The summed E-state index contributed by atoms with van der Waals surface area (Å²) in [6, 6.07) is 8.61. The van der Waals surface area contributed by atoms with Gasteiger partial charge in [0.05, 0.1) is 24.6 Å². The second-order valence-electron chi connectivity index (χ2n) is 6.03. The highest BCUT2D eigenvalue weighted by Gasteiger charge is 2.30. The number of aromatic nitrogens is 1. The van der Waals surface area contributed by atoms with Crippen LogP contribution < -0.4 is 14.8 Å². The van der Waals surface area contributed by atoms with Gasteiger partial charge in [0.2, 0.25) is 5.88 Å². The second kappa shape index (κ2) is 8.27. The number of aldehydes is 1. The molecule has 10 heteroatoms. The SMILES string of the molecule is COc1nc(C(=O)NCC=O)c(O)c2ccc(Oc3cccc(C(F)(F)F)c3)cc12. The fourth-order valence-electron chi connectivity index (χ4n) is 2.72. The van der Waals surface area contributed by atoms with Crippen LogP contribution in [0.1, 0.15) is 16.1 Å². The molecule has 0 saturated heterocycles. The molecular formula is C20H15F3N2O5. The Morgan fingerprint density at radius 3 is 2.57 bits per heavy atom. The highest BCUT2D eigenvalue weighted by atomic mass is 19.4. The molecule has 0 aliphatic rings. The molecule has 1 aromatic heterocycles. The molecule has 7 nitrogen and oxygen atoms in total. The maximum Gasteiger partial charge on any atom is 0.416 e. The number of alkyl halides is 3. The molecule has 1 amide bonds. The first kappa shape index (κ1) is 20.9. The smallest absolute Gasteiger partial charge is 0.416 e. The fourth-order valence-corrected chi connectivity index (χ4v) is 2.72. The van der Waals surface area contributed by atoms with Crippen LogP contribution in [0.4, 0.5) is 13.2 Å². The van der Waals surface area contributed by atoms with E-state index >= 15 is 0 Å². The van der Waals surface area contributed by atoms with Crippen LogP contribution in [0.5, 0.6) is 23.1 Å². The lowest BCUT2D eigenvalue weighted by Crippen LogP contribution is -2.26. The van der Waals surface area contributed by atoms with E-state index in [-0.39, 0.29) is 40.4 Å². The topological polar surface area (TPSA) is 97.8 Å². The van der Waals surface area contributed by atoms with Crippen LogP contribution in [-0.4, -0.2) is 35.9 Å². The average molecular weight is 420 g/mol. The summed E-state index contributed by atoms with van der Waals surface area (Å²) in [5.74, 6) is -1.11. The van der Waals surface area contributed by atoms with Gasteiger partial charge < -0.3 is 24.7 Å². The minimum Gasteiger partial charge on any atom is -0.505 e. The van der Waals surface area contributed by atoms with Crippen molar-refractivity contribution >= 4 is 23.0 Å². The minimum absolute atomic E-state index is 0.0199. The van der Waals surface area contributed by atoms with Crippen LogP contribution in [0.25, 0.3) is 10.8 Å². The number of amides is 1. The molecule has 0 fully saturated rings. The number of hydrogen-bond acceptors (Lipinski definition) is 6. The number of carbonyl (C=O) groups excluding carboxylic acids is 2. The zero-order valence-corrected chi connectivity index (χ0v) is 15.5. The Morgan fingerprint density at radius 2 is 1.90 bits per heavy atom. The zero-order valence-electron chi connectivity index (χ0n) is 15.5. The zero-order chi connectivity index (χ0) is 21.9. The molecule has 30 heavy (non-hydrogen) atoms. The highest BCUT2D eigenvalue weighted by molar-refractivity contribution is 6.04. The van der Waals surface area contributed by atoms with Crippen LogP contribution in [0.2, 0.25) is 0 Å². The number of aromatic hydroxyl groups is 1. The van der Waals surface area contributed by atoms with Crippen molar-refractivity contribution < 1.29 is 37.3 Å². The van der Waals surface area contributed by atoms with E-state index in [1.807, 2.05) is 0 Å². The largest absolute Gasteiger partial charge is 0.505 e. The predicted octanol–water partition coefficient (Wildman–Crippen LogP) is 3.69. The van der Waals surface area contributed by atoms with E-state index in [1.54, 1.807) is 0 Å². The van der Waals surface area contributed by atoms with Crippen molar-refractivity contribution in [2.75, 3.05) is 13.7 Å². The van der Waals surface area contributed by atoms with E-state index in [0.29, 0.717) is 6.29 Å². The lowest BCUT2D eigenvalue weighted by molar-refractivity contribution is -0.137. The lowest BCUT2D eigenvalue weighted by atomic mass is 10.1. The molecule has 0 radical (unpaired) electrons. The molecule has 3 aromatic rings. The average Bonchev–Trinajstić information content (AvgIpc) is 2.72. The van der Waals surface area contributed by atoms with E-state index < -0.39 is 23.4 Å². The Balaban J connectivity index is 2.00. The molecule has 0 aliphatic heterocycles. The first-order chi connectivity index (χ1) is 14.2. The first-order valence-corrected chi connectivity index (χ1v) is 8.52. The summed E-state index contributed by atoms with van der Waals surface area (Å²) in [7, 11) is 1.30. The van der Waals surface area contributed by atoms with Gasteiger partial charge in [-0.05, 0) is 36.4 Å². The summed E-state index contributed by atoms with van der Waals surface area (Å²) in [6.07, 6.45) is -4.03. The maximum atomic E-state index is 12.9. The van der Waals surface area contributed by atoms with Gasteiger partial charge in [-0.15, -0.1) is 0 Å². The van der Waals surface area contributed by atoms with Crippen LogP contribution >= 0.6 is 0 Å². The van der Waals surface area contributed by atoms with Crippen molar-refractivity contribution in [1.82, 2.24) is 10.3 Å². The standard InChI is InChI=1S/C20H15F3N2O5/c1-29-19-15-10-13(30-12-4-2-3-11(9-12)20(21,22)23)5-6-14(15)17(27)16(25-19)18(28)24-7-8-26/h2-6,8-10,27H,7H2,1H3,(H,24,28). The molecule has 0 aliphatic carbocycles. The van der Waals surface area contributed by atoms with Crippen molar-refractivity contribution in [3.8, 4) is 23.1 Å². The van der Waals surface area contributed by atoms with E-state index in [0.717, 1.165) is 12.1 Å². The minimum atomic E-state index is -4.51. The van der Waals surface area contributed by atoms with Gasteiger partial charge >= 0.3 is 6.18 Å². The summed E-state index contributed by atoms with van der Waals surface area (Å²) in [4.78, 5) is 26.5. The Bertz CT molecular complexity index is 1120. The van der Waals surface area contributed by atoms with Gasteiger partial charge in [0.1, 0.15) is 17.8 Å². The Hall–Kier alpha value is -3.82. The summed E-state index contributed by atoms with van der Waals surface area (Å²) in [5.41, 5.74) is -1.20. The third-order valence-corrected chi connectivity index (χ3v) is 4.07. The van der Waals surface area contributed by atoms with Crippen LogP contribution in [0.3, 0.4) is 0 Å². The molecule has 0 spiro atoms. The molecule has 1 heterocycles. The third kappa shape index (κ3) is 4.27. The maximum absolute atomic E-state index is 12.9. The lowest BCUT2D eigenvalue weighted by Gasteiger charge is -2.13. The third-order valence-electron chi connectivity index (χ3n) is 4.07. The van der Waals surface area contributed by atoms with Gasteiger partial charge in [-0.3, -0.25) is 4.79 Å². The number of rotatable bonds is 6. The van der Waals surface area contributed by atoms with Crippen molar-refractivity contribution in [2.24, 2.45) is 0 Å². The van der Waals surface area contributed by atoms with E-state index in [1.165, 1.54) is 37.4 Å². The van der Waals surface area contributed by atoms with Crippen molar-refractivity contribution in [2.45, 2.75) is 6.18 Å². The molecule has 3 rings (SSSR count). The van der Waals surface area contributed by atoms with Crippen LogP contribution in [0.15, 0.2) is 42.5 Å². The van der Waals surface area contributed by atoms with Gasteiger partial charge in [-0.2, -0.15) is 13.2 Å². The Kier molecular flexibility index (Phi) is 5.77. The Labute approximate surface area is 168 Å². The highest BCUT2D eigenvalue weighted by Crippen LogP contribution is 2.37. The molecular weight excluding hydrogens is 405 g/mol. The molecule has 0 bridgehead atoms. The van der Waals surface area contributed by atoms with Gasteiger partial charge in [0, 0.05) is 5.39 Å². The number of fused-ring (bicyclic) bond motifs is 1. The van der Waals surface area contributed by atoms with Crippen LogP contribution in [0, 0.1) is 0 Å². The first-order valence-electron chi connectivity index (χ1n) is 8.52. The molecule has 2 N–H and O–H groups in total. The van der Waals surface area contributed by atoms with Gasteiger partial charge in [0.25, 0.3) is 5.91 Å². The fraction of sp³-hybridized carbons (Fsp3) is 0.150. The van der Waals surface area contributed by atoms with Gasteiger partial charge in [-0.1, -0.05) is 6.07 Å². The van der Waals surface area contributed by atoms with Crippen LogP contribution in [-0.2, 0) is 11.0 Å². The monoisotopic (exact) mass is 420 g/mol. The molecule has 0 atom stereocenters.